The topological polar surface area (TPSA) is 73.8 Å². The number of rotatable bonds is 15. The Bertz CT molecular complexity index is 1250. The first-order valence-electron chi connectivity index (χ1n) is 15.2. The van der Waals surface area contributed by atoms with Crippen LogP contribution in [0, 0.1) is 0 Å². The molecule has 6 nitrogen and oxygen atoms in total. The summed E-state index contributed by atoms with van der Waals surface area (Å²) in [5.41, 5.74) is 3.59. The number of nitrogens with one attached hydrogen (secondary N) is 2. The van der Waals surface area contributed by atoms with Crippen molar-refractivity contribution < 1.29 is 14.6 Å². The van der Waals surface area contributed by atoms with E-state index in [9.17, 15) is 9.90 Å². The number of phenols is 1. The first kappa shape index (κ1) is 32.2. The summed E-state index contributed by atoms with van der Waals surface area (Å²) in [4.78, 5) is 15.1. The highest BCUT2D eigenvalue weighted by molar-refractivity contribution is 6.42. The summed E-state index contributed by atoms with van der Waals surface area (Å²) in [6.07, 6.45) is 9.95. The van der Waals surface area contributed by atoms with Crippen LogP contribution in [0.4, 0.5) is 10.5 Å². The van der Waals surface area contributed by atoms with Gasteiger partial charge in [0, 0.05) is 36.8 Å². The maximum absolute atomic E-state index is 12.6. The molecule has 1 aliphatic rings. The van der Waals surface area contributed by atoms with Crippen LogP contribution in [0.3, 0.4) is 0 Å². The van der Waals surface area contributed by atoms with Crippen LogP contribution in [0.2, 0.25) is 10.0 Å². The SMILES string of the molecule is O=C(Nc1ccccc1-c1ccccc1)OC1CCN(CCCCCCCCCNCc2cc(Cl)c(Cl)cc2O)CC1. The van der Waals surface area contributed by atoms with Crippen molar-refractivity contribution in [2.75, 3.05) is 31.5 Å². The zero-order valence-corrected chi connectivity index (χ0v) is 25.8. The summed E-state index contributed by atoms with van der Waals surface area (Å²) < 4.78 is 5.77. The number of likely N-dealkylation sites (tertiary alicyclic amines) is 1. The van der Waals surface area contributed by atoms with Gasteiger partial charge in [-0.15, -0.1) is 0 Å². The number of aromatic hydroxyl groups is 1. The Morgan fingerprint density at radius 1 is 0.857 bits per heavy atom. The van der Waals surface area contributed by atoms with E-state index in [2.05, 4.69) is 15.5 Å². The number of hydrogen-bond acceptors (Lipinski definition) is 5. The minimum Gasteiger partial charge on any atom is -0.508 e. The molecule has 1 aliphatic heterocycles. The highest BCUT2D eigenvalue weighted by atomic mass is 35.5. The minimum atomic E-state index is -0.377. The number of carbonyl (C=O) groups is 1. The number of carbonyl (C=O) groups excluding carboxylic acids is 1. The molecular formula is C34H43Cl2N3O3. The highest BCUT2D eigenvalue weighted by Crippen LogP contribution is 2.30. The third-order valence-corrected chi connectivity index (χ3v) is 8.54. The lowest BCUT2D eigenvalue weighted by Crippen LogP contribution is -2.38. The van der Waals surface area contributed by atoms with Gasteiger partial charge in [0.05, 0.1) is 15.7 Å². The van der Waals surface area contributed by atoms with Crippen LogP contribution in [0.5, 0.6) is 5.75 Å². The van der Waals surface area contributed by atoms with E-state index < -0.39 is 0 Å². The van der Waals surface area contributed by atoms with E-state index in [4.69, 9.17) is 27.9 Å². The minimum absolute atomic E-state index is 0.0330. The van der Waals surface area contributed by atoms with Gasteiger partial charge in [0.2, 0.25) is 0 Å². The number of unbranched alkanes of at least 4 members (excludes halogenated alkanes) is 6. The van der Waals surface area contributed by atoms with Crippen molar-refractivity contribution in [3.8, 4) is 16.9 Å². The second-order valence-corrected chi connectivity index (χ2v) is 11.8. The normalized spacial score (nSPS) is 14.1. The zero-order chi connectivity index (χ0) is 29.6. The van der Waals surface area contributed by atoms with E-state index in [-0.39, 0.29) is 17.9 Å². The Hall–Kier alpha value is -2.77. The van der Waals surface area contributed by atoms with Crippen molar-refractivity contribution >= 4 is 35.0 Å². The zero-order valence-electron chi connectivity index (χ0n) is 24.3. The molecule has 3 N–H and O–H groups in total. The van der Waals surface area contributed by atoms with Crippen LogP contribution in [-0.4, -0.2) is 48.4 Å². The van der Waals surface area contributed by atoms with E-state index in [0.717, 1.165) is 67.8 Å². The fraction of sp³-hybridized carbons (Fsp3) is 0.441. The lowest BCUT2D eigenvalue weighted by molar-refractivity contribution is 0.0585. The molecule has 0 aliphatic carbocycles. The van der Waals surface area contributed by atoms with E-state index in [0.29, 0.717) is 16.6 Å². The summed E-state index contributed by atoms with van der Waals surface area (Å²) in [5, 5.41) is 17.1. The maximum Gasteiger partial charge on any atom is 0.411 e. The number of phenolic OH excluding ortho intramolecular Hbond substituents is 1. The van der Waals surface area contributed by atoms with Crippen molar-refractivity contribution in [2.24, 2.45) is 0 Å². The highest BCUT2D eigenvalue weighted by Gasteiger charge is 2.22. The molecule has 0 atom stereocenters. The predicted molar refractivity (Wildman–Crippen MR) is 174 cm³/mol. The predicted octanol–water partition coefficient (Wildman–Crippen LogP) is 8.90. The molecule has 0 bridgehead atoms. The molecule has 0 unspecified atom stereocenters. The molecule has 226 valence electrons. The third-order valence-electron chi connectivity index (χ3n) is 7.82. The molecule has 3 aromatic carbocycles. The fourth-order valence-electron chi connectivity index (χ4n) is 5.41. The summed E-state index contributed by atoms with van der Waals surface area (Å²) in [6.45, 7) is 4.58. The molecule has 8 heteroatoms. The second kappa shape index (κ2) is 17.4. The van der Waals surface area contributed by atoms with Crippen molar-refractivity contribution in [2.45, 2.75) is 70.4 Å². The van der Waals surface area contributed by atoms with E-state index in [1.54, 1.807) is 6.07 Å². The molecule has 4 rings (SSSR count). The number of ether oxygens (including phenoxy) is 1. The van der Waals surface area contributed by atoms with Gasteiger partial charge in [-0.25, -0.2) is 4.79 Å². The van der Waals surface area contributed by atoms with Crippen molar-refractivity contribution in [1.29, 1.82) is 0 Å². The molecule has 1 amide bonds. The summed E-state index contributed by atoms with van der Waals surface area (Å²) in [5.74, 6) is 0.179. The molecule has 0 aromatic heterocycles. The second-order valence-electron chi connectivity index (χ2n) is 11.0. The van der Waals surface area contributed by atoms with Gasteiger partial charge in [-0.2, -0.15) is 0 Å². The van der Waals surface area contributed by atoms with Crippen LogP contribution in [0.1, 0.15) is 63.4 Å². The van der Waals surface area contributed by atoms with Gasteiger partial charge in [0.15, 0.2) is 0 Å². The molecule has 0 spiro atoms. The Morgan fingerprint density at radius 3 is 2.26 bits per heavy atom. The number of hydrogen-bond donors (Lipinski definition) is 3. The van der Waals surface area contributed by atoms with Crippen LogP contribution < -0.4 is 10.6 Å². The number of para-hydroxylation sites is 1. The maximum atomic E-state index is 12.6. The van der Waals surface area contributed by atoms with Crippen molar-refractivity contribution in [1.82, 2.24) is 10.2 Å². The first-order valence-corrected chi connectivity index (χ1v) is 16.0. The van der Waals surface area contributed by atoms with Crippen molar-refractivity contribution in [3.05, 3.63) is 82.3 Å². The van der Waals surface area contributed by atoms with Crippen molar-refractivity contribution in [3.63, 3.8) is 0 Å². The third kappa shape index (κ3) is 10.5. The Morgan fingerprint density at radius 2 is 1.50 bits per heavy atom. The molecular weight excluding hydrogens is 569 g/mol. The van der Waals surface area contributed by atoms with E-state index >= 15 is 0 Å². The number of nitrogens with zero attached hydrogens (tertiary/aromatic N) is 1. The summed E-state index contributed by atoms with van der Waals surface area (Å²) in [6, 6.07) is 21.1. The summed E-state index contributed by atoms with van der Waals surface area (Å²) >= 11 is 12.0. The van der Waals surface area contributed by atoms with Crippen LogP contribution >= 0.6 is 23.2 Å². The first-order chi connectivity index (χ1) is 20.5. The van der Waals surface area contributed by atoms with Crippen LogP contribution in [0.25, 0.3) is 11.1 Å². The number of amides is 1. The number of halogens is 2. The van der Waals surface area contributed by atoms with Gasteiger partial charge in [-0.3, -0.25) is 5.32 Å². The molecule has 1 fully saturated rings. The Balaban J connectivity index is 1.00. The van der Waals surface area contributed by atoms with Gasteiger partial charge in [-0.1, -0.05) is 104 Å². The van der Waals surface area contributed by atoms with Gasteiger partial charge >= 0.3 is 6.09 Å². The van der Waals surface area contributed by atoms with E-state index in [1.165, 1.54) is 44.6 Å². The smallest absolute Gasteiger partial charge is 0.411 e. The molecule has 42 heavy (non-hydrogen) atoms. The van der Waals surface area contributed by atoms with Crippen LogP contribution in [-0.2, 0) is 11.3 Å². The Labute approximate surface area is 260 Å². The fourth-order valence-corrected chi connectivity index (χ4v) is 5.76. The summed E-state index contributed by atoms with van der Waals surface area (Å²) in [7, 11) is 0. The molecule has 1 saturated heterocycles. The standard InChI is InChI=1S/C34H43Cl2N3O3/c35-30-23-27(33(40)24-31(30)36)25-37-19-11-4-2-1-3-5-12-20-39-21-17-28(18-22-39)42-34(41)38-32-16-10-9-15-29(32)26-13-7-6-8-14-26/h6-10,13-16,23-24,28,37,40H,1-5,11-12,17-22,25H2,(H,38,41). The molecule has 0 saturated carbocycles. The average Bonchev–Trinajstić information content (AvgIpc) is 3.00. The quantitative estimate of drug-likeness (QED) is 0.150. The lowest BCUT2D eigenvalue weighted by Gasteiger charge is -2.31. The Kier molecular flexibility index (Phi) is 13.3. The van der Waals surface area contributed by atoms with Gasteiger partial charge in [0.1, 0.15) is 11.9 Å². The molecule has 3 aromatic rings. The average molecular weight is 613 g/mol. The number of anilines is 1. The largest absolute Gasteiger partial charge is 0.508 e. The number of piperidine rings is 1. The molecule has 1 heterocycles. The van der Waals surface area contributed by atoms with Gasteiger partial charge in [0.25, 0.3) is 0 Å². The van der Waals surface area contributed by atoms with Crippen LogP contribution in [0.15, 0.2) is 66.7 Å². The monoisotopic (exact) mass is 611 g/mol. The number of benzene rings is 3. The van der Waals surface area contributed by atoms with E-state index in [1.807, 2.05) is 54.6 Å². The van der Waals surface area contributed by atoms with Gasteiger partial charge < -0.3 is 20.1 Å². The molecule has 0 radical (unpaired) electrons. The lowest BCUT2D eigenvalue weighted by atomic mass is 10.0. The van der Waals surface area contributed by atoms with Gasteiger partial charge in [-0.05, 0) is 56.5 Å².